The Morgan fingerprint density at radius 1 is 1.04 bits per heavy atom. The van der Waals surface area contributed by atoms with Gasteiger partial charge in [0.25, 0.3) is 0 Å². The fourth-order valence-electron chi connectivity index (χ4n) is 2.38. The molecule has 0 amide bonds. The van der Waals surface area contributed by atoms with E-state index in [-0.39, 0.29) is 5.82 Å². The first-order valence-corrected chi connectivity index (χ1v) is 7.25. The molecule has 0 unspecified atom stereocenters. The average Bonchev–Trinajstić information content (AvgIpc) is 3.04. The number of ether oxygens (including phenoxy) is 1. The van der Waals surface area contributed by atoms with Gasteiger partial charge in [0, 0.05) is 37.0 Å². The Balaban J connectivity index is 1.91. The van der Waals surface area contributed by atoms with Crippen LogP contribution in [0.25, 0.3) is 22.5 Å². The Kier molecular flexibility index (Phi) is 4.02. The zero-order chi connectivity index (χ0) is 16.4. The normalized spacial score (nSPS) is 10.6. The number of hydrogen-bond donors (Lipinski definition) is 1. The van der Waals surface area contributed by atoms with Crippen molar-refractivity contribution in [2.75, 3.05) is 26.1 Å². The van der Waals surface area contributed by atoms with Crippen LogP contribution in [0.15, 0.2) is 48.5 Å². The third-order valence-electron chi connectivity index (χ3n) is 3.72. The molecule has 0 aliphatic heterocycles. The lowest BCUT2D eigenvalue weighted by Gasteiger charge is -2.12. The van der Waals surface area contributed by atoms with E-state index >= 15 is 0 Å². The SMILES string of the molecule is COc1ccc(-c2cc(-c3ccc(N(C)C)cc3)n[nH]2)c(F)c1. The fourth-order valence-corrected chi connectivity index (χ4v) is 2.38. The molecule has 2 aromatic carbocycles. The predicted octanol–water partition coefficient (Wildman–Crippen LogP) is 3.96. The number of H-pyrrole nitrogens is 1. The van der Waals surface area contributed by atoms with Crippen LogP contribution in [0.3, 0.4) is 0 Å². The summed E-state index contributed by atoms with van der Waals surface area (Å²) in [5.41, 5.74) is 3.98. The maximum atomic E-state index is 14.1. The van der Waals surface area contributed by atoms with Gasteiger partial charge in [0.05, 0.1) is 18.5 Å². The minimum atomic E-state index is -0.345. The summed E-state index contributed by atoms with van der Waals surface area (Å²) < 4.78 is 19.2. The Labute approximate surface area is 134 Å². The Morgan fingerprint density at radius 3 is 2.39 bits per heavy atom. The van der Waals surface area contributed by atoms with Crippen LogP contribution >= 0.6 is 0 Å². The van der Waals surface area contributed by atoms with Gasteiger partial charge < -0.3 is 9.64 Å². The second-order valence-corrected chi connectivity index (χ2v) is 5.45. The Bertz CT molecular complexity index is 809. The molecule has 3 aromatic rings. The third kappa shape index (κ3) is 3.04. The summed E-state index contributed by atoms with van der Waals surface area (Å²) >= 11 is 0. The number of hydrogen-bond acceptors (Lipinski definition) is 3. The van der Waals surface area contributed by atoms with E-state index < -0.39 is 0 Å². The zero-order valence-electron chi connectivity index (χ0n) is 13.3. The second kappa shape index (κ2) is 6.12. The number of methoxy groups -OCH3 is 1. The number of halogens is 1. The Hall–Kier alpha value is -2.82. The van der Waals surface area contributed by atoms with Crippen LogP contribution in [0, 0.1) is 5.82 Å². The highest BCUT2D eigenvalue weighted by Gasteiger charge is 2.11. The van der Waals surface area contributed by atoms with Gasteiger partial charge in [-0.15, -0.1) is 0 Å². The molecular weight excluding hydrogens is 293 g/mol. The first-order valence-electron chi connectivity index (χ1n) is 7.25. The minimum Gasteiger partial charge on any atom is -0.497 e. The summed E-state index contributed by atoms with van der Waals surface area (Å²) in [6.07, 6.45) is 0. The number of anilines is 1. The van der Waals surface area contributed by atoms with Crippen molar-refractivity contribution >= 4 is 5.69 Å². The molecule has 0 aliphatic carbocycles. The van der Waals surface area contributed by atoms with E-state index in [1.807, 2.05) is 49.3 Å². The van der Waals surface area contributed by atoms with Gasteiger partial charge in [-0.3, -0.25) is 5.10 Å². The molecule has 0 saturated carbocycles. The lowest BCUT2D eigenvalue weighted by molar-refractivity contribution is 0.411. The van der Waals surface area contributed by atoms with Crippen LogP contribution in [0.2, 0.25) is 0 Å². The van der Waals surface area contributed by atoms with Crippen molar-refractivity contribution in [2.45, 2.75) is 0 Å². The highest BCUT2D eigenvalue weighted by atomic mass is 19.1. The summed E-state index contributed by atoms with van der Waals surface area (Å²) in [6, 6.07) is 14.7. The highest BCUT2D eigenvalue weighted by Crippen LogP contribution is 2.28. The van der Waals surface area contributed by atoms with E-state index in [1.165, 1.54) is 13.2 Å². The molecule has 23 heavy (non-hydrogen) atoms. The average molecular weight is 311 g/mol. The largest absolute Gasteiger partial charge is 0.497 e. The maximum Gasteiger partial charge on any atom is 0.136 e. The molecule has 0 aliphatic rings. The number of nitrogens with one attached hydrogen (secondary N) is 1. The van der Waals surface area contributed by atoms with Crippen molar-refractivity contribution in [1.82, 2.24) is 10.2 Å². The van der Waals surface area contributed by atoms with E-state index in [0.717, 1.165) is 16.9 Å². The number of rotatable bonds is 4. The van der Waals surface area contributed by atoms with E-state index in [9.17, 15) is 4.39 Å². The highest BCUT2D eigenvalue weighted by molar-refractivity contribution is 5.70. The van der Waals surface area contributed by atoms with Crippen molar-refractivity contribution < 1.29 is 9.13 Å². The van der Waals surface area contributed by atoms with Crippen LogP contribution in [0.1, 0.15) is 0 Å². The lowest BCUT2D eigenvalue weighted by atomic mass is 10.1. The van der Waals surface area contributed by atoms with Crippen LogP contribution in [-0.4, -0.2) is 31.4 Å². The summed E-state index contributed by atoms with van der Waals surface area (Å²) in [5.74, 6) is 0.146. The van der Waals surface area contributed by atoms with Gasteiger partial charge in [0.15, 0.2) is 0 Å². The van der Waals surface area contributed by atoms with Gasteiger partial charge in [-0.05, 0) is 30.3 Å². The van der Waals surface area contributed by atoms with E-state index in [0.29, 0.717) is 17.0 Å². The van der Waals surface area contributed by atoms with E-state index in [1.54, 1.807) is 12.1 Å². The quantitative estimate of drug-likeness (QED) is 0.793. The van der Waals surface area contributed by atoms with E-state index in [2.05, 4.69) is 10.2 Å². The van der Waals surface area contributed by atoms with Gasteiger partial charge in [-0.25, -0.2) is 4.39 Å². The summed E-state index contributed by atoms with van der Waals surface area (Å²) in [6.45, 7) is 0. The summed E-state index contributed by atoms with van der Waals surface area (Å²) in [7, 11) is 5.50. The molecule has 0 fully saturated rings. The molecule has 1 N–H and O–H groups in total. The molecule has 0 saturated heterocycles. The molecule has 4 nitrogen and oxygen atoms in total. The standard InChI is InChI=1S/C18H18FN3O/c1-22(2)13-6-4-12(5-7-13)17-11-18(21-20-17)15-9-8-14(23-3)10-16(15)19/h4-11H,1-3H3,(H,20,21). The smallest absolute Gasteiger partial charge is 0.136 e. The molecule has 118 valence electrons. The van der Waals surface area contributed by atoms with Gasteiger partial charge >= 0.3 is 0 Å². The minimum absolute atomic E-state index is 0.345. The molecule has 1 aromatic heterocycles. The molecule has 0 bridgehead atoms. The Morgan fingerprint density at radius 2 is 1.78 bits per heavy atom. The number of benzene rings is 2. The van der Waals surface area contributed by atoms with E-state index in [4.69, 9.17) is 4.74 Å². The van der Waals surface area contributed by atoms with Crippen molar-refractivity contribution in [2.24, 2.45) is 0 Å². The number of aromatic amines is 1. The first-order chi connectivity index (χ1) is 11.1. The summed E-state index contributed by atoms with van der Waals surface area (Å²) in [4.78, 5) is 2.03. The maximum absolute atomic E-state index is 14.1. The summed E-state index contributed by atoms with van der Waals surface area (Å²) in [5, 5.41) is 7.18. The van der Waals surface area contributed by atoms with Crippen molar-refractivity contribution in [3.8, 4) is 28.3 Å². The molecule has 3 rings (SSSR count). The van der Waals surface area contributed by atoms with Gasteiger partial charge in [-0.2, -0.15) is 5.10 Å². The topological polar surface area (TPSA) is 41.1 Å². The molecular formula is C18H18FN3O. The first kappa shape index (κ1) is 15.1. The van der Waals surface area contributed by atoms with Crippen LogP contribution in [0.4, 0.5) is 10.1 Å². The van der Waals surface area contributed by atoms with Crippen molar-refractivity contribution in [3.05, 3.63) is 54.3 Å². The van der Waals surface area contributed by atoms with Crippen LogP contribution in [-0.2, 0) is 0 Å². The molecule has 5 heteroatoms. The lowest BCUT2D eigenvalue weighted by Crippen LogP contribution is -2.07. The fraction of sp³-hybridized carbons (Fsp3) is 0.167. The number of aromatic nitrogens is 2. The molecule has 0 spiro atoms. The van der Waals surface area contributed by atoms with Crippen molar-refractivity contribution in [3.63, 3.8) is 0 Å². The van der Waals surface area contributed by atoms with Crippen LogP contribution < -0.4 is 9.64 Å². The second-order valence-electron chi connectivity index (χ2n) is 5.45. The molecule has 0 radical (unpaired) electrons. The van der Waals surface area contributed by atoms with Gasteiger partial charge in [0.2, 0.25) is 0 Å². The molecule has 0 atom stereocenters. The third-order valence-corrected chi connectivity index (χ3v) is 3.72. The molecule has 1 heterocycles. The predicted molar refractivity (Wildman–Crippen MR) is 90.3 cm³/mol. The monoisotopic (exact) mass is 311 g/mol. The van der Waals surface area contributed by atoms with Crippen molar-refractivity contribution in [1.29, 1.82) is 0 Å². The van der Waals surface area contributed by atoms with Gasteiger partial charge in [-0.1, -0.05) is 12.1 Å². The van der Waals surface area contributed by atoms with Gasteiger partial charge in [0.1, 0.15) is 11.6 Å². The van der Waals surface area contributed by atoms with Crippen LogP contribution in [0.5, 0.6) is 5.75 Å². The zero-order valence-corrected chi connectivity index (χ0v) is 13.3. The number of nitrogens with zero attached hydrogens (tertiary/aromatic N) is 2.